The monoisotopic (exact) mass is 222 g/mol. The standard InChI is InChI=1S/C15H26O/c1-10-5-7-12(15(3,4)16)9-14-11(2)6-8-13(10)14/h11-12,14,16H,5-9H2,1-4H3/t11-,12+,14?/m0/s1. The molecule has 1 unspecified atom stereocenters. The van der Waals surface area contributed by atoms with Gasteiger partial charge in [-0.25, -0.2) is 0 Å². The first-order valence-electron chi connectivity index (χ1n) is 6.80. The van der Waals surface area contributed by atoms with Crippen molar-refractivity contribution in [3.8, 4) is 0 Å². The summed E-state index contributed by atoms with van der Waals surface area (Å²) in [5.74, 6) is 2.07. The number of rotatable bonds is 1. The van der Waals surface area contributed by atoms with E-state index >= 15 is 0 Å². The molecule has 1 nitrogen and oxygen atoms in total. The van der Waals surface area contributed by atoms with E-state index in [1.807, 2.05) is 13.8 Å². The predicted molar refractivity (Wildman–Crippen MR) is 68.2 cm³/mol. The van der Waals surface area contributed by atoms with Gasteiger partial charge in [-0.15, -0.1) is 0 Å². The summed E-state index contributed by atoms with van der Waals surface area (Å²) in [6.45, 7) is 8.67. The van der Waals surface area contributed by atoms with Crippen LogP contribution in [0.3, 0.4) is 0 Å². The Kier molecular flexibility index (Phi) is 3.18. The lowest BCUT2D eigenvalue weighted by Crippen LogP contribution is -2.32. The van der Waals surface area contributed by atoms with Crippen molar-refractivity contribution in [2.45, 2.75) is 65.4 Å². The first kappa shape index (κ1) is 12.2. The van der Waals surface area contributed by atoms with Gasteiger partial charge in [-0.2, -0.15) is 0 Å². The normalized spacial score (nSPS) is 36.2. The summed E-state index contributed by atoms with van der Waals surface area (Å²) in [6.07, 6.45) is 6.25. The van der Waals surface area contributed by atoms with Crippen LogP contribution in [0.2, 0.25) is 0 Å². The van der Waals surface area contributed by atoms with Gasteiger partial charge in [0.15, 0.2) is 0 Å². The lowest BCUT2D eigenvalue weighted by molar-refractivity contribution is 0.00398. The summed E-state index contributed by atoms with van der Waals surface area (Å²) in [4.78, 5) is 0. The highest BCUT2D eigenvalue weighted by atomic mass is 16.3. The van der Waals surface area contributed by atoms with Crippen LogP contribution in [-0.4, -0.2) is 10.7 Å². The third-order valence-corrected chi connectivity index (χ3v) is 4.96. The second-order valence-corrected chi connectivity index (χ2v) is 6.55. The molecule has 1 saturated carbocycles. The van der Waals surface area contributed by atoms with Crippen LogP contribution < -0.4 is 0 Å². The SMILES string of the molecule is CC1=C2CC[C@H](C)C2C[C@H](C(C)(C)O)CC1. The minimum atomic E-state index is -0.502. The van der Waals surface area contributed by atoms with Crippen molar-refractivity contribution in [3.63, 3.8) is 0 Å². The highest BCUT2D eigenvalue weighted by Crippen LogP contribution is 2.47. The van der Waals surface area contributed by atoms with E-state index in [0.717, 1.165) is 11.8 Å². The van der Waals surface area contributed by atoms with Gasteiger partial charge in [0.2, 0.25) is 0 Å². The van der Waals surface area contributed by atoms with E-state index in [2.05, 4.69) is 13.8 Å². The Morgan fingerprint density at radius 3 is 2.50 bits per heavy atom. The first-order valence-corrected chi connectivity index (χ1v) is 6.80. The molecular formula is C15H26O. The van der Waals surface area contributed by atoms with Gasteiger partial charge in [-0.3, -0.25) is 0 Å². The summed E-state index contributed by atoms with van der Waals surface area (Å²) < 4.78 is 0. The molecule has 0 aromatic carbocycles. The fraction of sp³-hybridized carbons (Fsp3) is 0.867. The third-order valence-electron chi connectivity index (χ3n) is 4.96. The first-order chi connectivity index (χ1) is 7.39. The highest BCUT2D eigenvalue weighted by molar-refractivity contribution is 5.22. The summed E-state index contributed by atoms with van der Waals surface area (Å²) in [5, 5.41) is 10.2. The van der Waals surface area contributed by atoms with E-state index < -0.39 is 5.60 Å². The van der Waals surface area contributed by atoms with Crippen molar-refractivity contribution < 1.29 is 5.11 Å². The van der Waals surface area contributed by atoms with Crippen LogP contribution in [0.25, 0.3) is 0 Å². The van der Waals surface area contributed by atoms with Gasteiger partial charge >= 0.3 is 0 Å². The molecule has 0 aromatic heterocycles. The van der Waals surface area contributed by atoms with Crippen LogP contribution >= 0.6 is 0 Å². The van der Waals surface area contributed by atoms with E-state index in [9.17, 15) is 5.11 Å². The Morgan fingerprint density at radius 2 is 1.88 bits per heavy atom. The van der Waals surface area contributed by atoms with Gasteiger partial charge < -0.3 is 5.11 Å². The Morgan fingerprint density at radius 1 is 1.19 bits per heavy atom. The summed E-state index contributed by atoms with van der Waals surface area (Å²) in [5.41, 5.74) is 2.86. The number of allylic oxidation sites excluding steroid dienone is 2. The zero-order chi connectivity index (χ0) is 11.9. The number of aliphatic hydroxyl groups is 1. The smallest absolute Gasteiger partial charge is 0.0620 e. The van der Waals surface area contributed by atoms with E-state index in [4.69, 9.17) is 0 Å². The quantitative estimate of drug-likeness (QED) is 0.667. The maximum atomic E-state index is 10.2. The Labute approximate surface area is 99.9 Å². The van der Waals surface area contributed by atoms with Gasteiger partial charge in [-0.05, 0) is 70.6 Å². The molecule has 2 rings (SSSR count). The molecule has 0 bridgehead atoms. The van der Waals surface area contributed by atoms with Crippen LogP contribution in [0.4, 0.5) is 0 Å². The molecular weight excluding hydrogens is 196 g/mol. The Bertz CT molecular complexity index is 295. The number of hydrogen-bond donors (Lipinski definition) is 1. The highest BCUT2D eigenvalue weighted by Gasteiger charge is 2.37. The topological polar surface area (TPSA) is 20.2 Å². The van der Waals surface area contributed by atoms with Gasteiger partial charge in [0.05, 0.1) is 5.60 Å². The fourth-order valence-corrected chi connectivity index (χ4v) is 3.63. The van der Waals surface area contributed by atoms with E-state index in [-0.39, 0.29) is 0 Å². The Balaban J connectivity index is 2.21. The molecule has 0 saturated heterocycles. The second kappa shape index (κ2) is 4.18. The van der Waals surface area contributed by atoms with Crippen LogP contribution in [0.1, 0.15) is 59.8 Å². The average molecular weight is 222 g/mol. The van der Waals surface area contributed by atoms with Crippen molar-refractivity contribution in [2.24, 2.45) is 17.8 Å². The molecule has 2 aliphatic carbocycles. The molecule has 0 spiro atoms. The van der Waals surface area contributed by atoms with E-state index in [0.29, 0.717) is 5.92 Å². The largest absolute Gasteiger partial charge is 0.390 e. The van der Waals surface area contributed by atoms with Crippen molar-refractivity contribution in [3.05, 3.63) is 11.1 Å². The maximum Gasteiger partial charge on any atom is 0.0620 e. The minimum Gasteiger partial charge on any atom is -0.390 e. The second-order valence-electron chi connectivity index (χ2n) is 6.55. The van der Waals surface area contributed by atoms with Crippen molar-refractivity contribution in [1.29, 1.82) is 0 Å². The lowest BCUT2D eigenvalue weighted by Gasteiger charge is -2.31. The summed E-state index contributed by atoms with van der Waals surface area (Å²) >= 11 is 0. The van der Waals surface area contributed by atoms with Gasteiger partial charge in [0, 0.05) is 0 Å². The minimum absolute atomic E-state index is 0.477. The maximum absolute atomic E-state index is 10.2. The average Bonchev–Trinajstić information content (AvgIpc) is 2.42. The van der Waals surface area contributed by atoms with Crippen molar-refractivity contribution in [2.75, 3.05) is 0 Å². The lowest BCUT2D eigenvalue weighted by atomic mass is 9.79. The number of hydrogen-bond acceptors (Lipinski definition) is 1. The fourth-order valence-electron chi connectivity index (χ4n) is 3.63. The molecule has 0 heterocycles. The van der Waals surface area contributed by atoms with Crippen LogP contribution in [0.5, 0.6) is 0 Å². The van der Waals surface area contributed by atoms with Crippen LogP contribution in [-0.2, 0) is 0 Å². The molecule has 1 heteroatoms. The molecule has 0 aromatic rings. The molecule has 2 aliphatic rings. The molecule has 0 aliphatic heterocycles. The third kappa shape index (κ3) is 2.20. The van der Waals surface area contributed by atoms with Crippen LogP contribution in [0.15, 0.2) is 11.1 Å². The molecule has 3 atom stereocenters. The Hall–Kier alpha value is -0.300. The summed E-state index contributed by atoms with van der Waals surface area (Å²) in [6, 6.07) is 0. The molecule has 1 fully saturated rings. The molecule has 0 radical (unpaired) electrons. The van der Waals surface area contributed by atoms with Gasteiger partial charge in [0.1, 0.15) is 0 Å². The predicted octanol–water partition coefficient (Wildman–Crippen LogP) is 3.92. The van der Waals surface area contributed by atoms with E-state index in [1.165, 1.54) is 32.1 Å². The molecule has 92 valence electrons. The van der Waals surface area contributed by atoms with Crippen molar-refractivity contribution in [1.82, 2.24) is 0 Å². The molecule has 1 N–H and O–H groups in total. The molecule has 16 heavy (non-hydrogen) atoms. The van der Waals surface area contributed by atoms with Crippen LogP contribution in [0, 0.1) is 17.8 Å². The molecule has 0 amide bonds. The zero-order valence-corrected chi connectivity index (χ0v) is 11.2. The van der Waals surface area contributed by atoms with Gasteiger partial charge in [0.25, 0.3) is 0 Å². The van der Waals surface area contributed by atoms with E-state index in [1.54, 1.807) is 11.1 Å². The van der Waals surface area contributed by atoms with Crippen molar-refractivity contribution >= 4 is 0 Å². The number of fused-ring (bicyclic) bond motifs is 1. The zero-order valence-electron chi connectivity index (χ0n) is 11.2. The van der Waals surface area contributed by atoms with Gasteiger partial charge in [-0.1, -0.05) is 18.1 Å². The summed E-state index contributed by atoms with van der Waals surface area (Å²) in [7, 11) is 0.